The predicted octanol–water partition coefficient (Wildman–Crippen LogP) is -0.0595. The molecule has 0 bridgehead atoms. The number of hydrogen-bond acceptors (Lipinski definition) is 7. The van der Waals surface area contributed by atoms with E-state index in [-0.39, 0.29) is 18.8 Å². The summed E-state index contributed by atoms with van der Waals surface area (Å²) in [6, 6.07) is 2.22. The van der Waals surface area contributed by atoms with E-state index in [0.717, 1.165) is 63.7 Å². The van der Waals surface area contributed by atoms with Crippen molar-refractivity contribution >= 4 is 11.6 Å². The topological polar surface area (TPSA) is 76.0 Å². The van der Waals surface area contributed by atoms with E-state index < -0.39 is 0 Å². The molecule has 2 atom stereocenters. The molecule has 23 heavy (non-hydrogen) atoms. The molecular weight excluding hydrogens is 294 g/mol. The number of aromatic nitrogens is 2. The Kier molecular flexibility index (Phi) is 5.30. The van der Waals surface area contributed by atoms with E-state index in [0.29, 0.717) is 0 Å². The molecule has 3 rings (SSSR count). The van der Waals surface area contributed by atoms with Crippen molar-refractivity contribution < 1.29 is 10.2 Å². The number of piperazine rings is 1. The quantitative estimate of drug-likeness (QED) is 0.787. The first kappa shape index (κ1) is 16.4. The molecule has 0 saturated carbocycles. The molecule has 2 aliphatic rings. The van der Waals surface area contributed by atoms with Crippen LogP contribution in [0.4, 0.5) is 11.6 Å². The summed E-state index contributed by atoms with van der Waals surface area (Å²) in [5.41, 5.74) is 0. The summed E-state index contributed by atoms with van der Waals surface area (Å²) in [4.78, 5) is 15.6. The highest BCUT2D eigenvalue weighted by molar-refractivity contribution is 5.51. The van der Waals surface area contributed by atoms with Gasteiger partial charge in [-0.05, 0) is 19.8 Å². The largest absolute Gasteiger partial charge is 0.394 e. The van der Waals surface area contributed by atoms with Crippen LogP contribution in [0, 0.1) is 0 Å². The fourth-order valence-electron chi connectivity index (χ4n) is 3.53. The molecule has 2 N–H and O–H groups in total. The molecule has 1 unspecified atom stereocenters. The van der Waals surface area contributed by atoms with Crippen molar-refractivity contribution in [2.45, 2.75) is 31.9 Å². The molecule has 0 spiro atoms. The summed E-state index contributed by atoms with van der Waals surface area (Å²) in [6.45, 7) is 7.38. The van der Waals surface area contributed by atoms with Crippen LogP contribution in [-0.2, 0) is 0 Å². The van der Waals surface area contributed by atoms with Gasteiger partial charge in [-0.15, -0.1) is 0 Å². The summed E-state index contributed by atoms with van der Waals surface area (Å²) in [5.74, 6) is 1.87. The van der Waals surface area contributed by atoms with Crippen LogP contribution in [0.5, 0.6) is 0 Å². The van der Waals surface area contributed by atoms with E-state index >= 15 is 0 Å². The molecule has 3 heterocycles. The predicted molar refractivity (Wildman–Crippen MR) is 89.8 cm³/mol. The van der Waals surface area contributed by atoms with E-state index in [2.05, 4.69) is 24.7 Å². The van der Waals surface area contributed by atoms with Gasteiger partial charge in [0.05, 0.1) is 18.8 Å². The maximum atomic E-state index is 9.50. The van der Waals surface area contributed by atoms with Gasteiger partial charge in [-0.2, -0.15) is 0 Å². The average molecular weight is 321 g/mol. The summed E-state index contributed by atoms with van der Waals surface area (Å²) >= 11 is 0. The summed E-state index contributed by atoms with van der Waals surface area (Å²) in [5, 5.41) is 19.0. The molecule has 2 saturated heterocycles. The molecule has 0 amide bonds. The molecule has 0 aromatic carbocycles. The molecule has 1 aromatic rings. The number of aliphatic hydroxyl groups is 2. The van der Waals surface area contributed by atoms with Crippen molar-refractivity contribution in [2.24, 2.45) is 0 Å². The lowest BCUT2D eigenvalue weighted by molar-refractivity contribution is 0.122. The van der Waals surface area contributed by atoms with Crippen LogP contribution in [0.25, 0.3) is 0 Å². The Labute approximate surface area is 137 Å². The van der Waals surface area contributed by atoms with Crippen LogP contribution < -0.4 is 9.80 Å². The van der Waals surface area contributed by atoms with Crippen molar-refractivity contribution in [3.05, 3.63) is 12.4 Å². The summed E-state index contributed by atoms with van der Waals surface area (Å²) in [6.07, 6.45) is 3.47. The highest BCUT2D eigenvalue weighted by atomic mass is 16.3. The molecule has 2 fully saturated rings. The van der Waals surface area contributed by atoms with Crippen LogP contribution in [0.2, 0.25) is 0 Å². The van der Waals surface area contributed by atoms with E-state index in [4.69, 9.17) is 0 Å². The summed E-state index contributed by atoms with van der Waals surface area (Å²) in [7, 11) is 0. The Morgan fingerprint density at radius 2 is 1.91 bits per heavy atom. The smallest absolute Gasteiger partial charge is 0.134 e. The Morgan fingerprint density at radius 3 is 2.61 bits per heavy atom. The highest BCUT2D eigenvalue weighted by Crippen LogP contribution is 2.26. The number of nitrogens with zero attached hydrogens (tertiary/aromatic N) is 5. The number of β-amino-alcohol motifs (C(OH)–C–C–N with tert-alkyl or cyclic N) is 1. The van der Waals surface area contributed by atoms with E-state index in [1.165, 1.54) is 0 Å². The van der Waals surface area contributed by atoms with Crippen molar-refractivity contribution in [2.75, 3.05) is 55.7 Å². The van der Waals surface area contributed by atoms with Gasteiger partial charge in [-0.3, -0.25) is 4.90 Å². The lowest BCUT2D eigenvalue weighted by Gasteiger charge is -2.36. The fraction of sp³-hybridized carbons (Fsp3) is 0.750. The molecule has 0 aliphatic carbocycles. The van der Waals surface area contributed by atoms with Gasteiger partial charge < -0.3 is 20.0 Å². The van der Waals surface area contributed by atoms with Crippen molar-refractivity contribution in [3.63, 3.8) is 0 Å². The van der Waals surface area contributed by atoms with Gasteiger partial charge in [0.1, 0.15) is 18.0 Å². The molecule has 0 radical (unpaired) electrons. The normalized spacial score (nSPS) is 24.2. The number of hydrogen-bond donors (Lipinski definition) is 2. The maximum Gasteiger partial charge on any atom is 0.134 e. The molecule has 1 aromatic heterocycles. The third-order valence-electron chi connectivity index (χ3n) is 4.74. The summed E-state index contributed by atoms with van der Waals surface area (Å²) < 4.78 is 0. The van der Waals surface area contributed by atoms with Gasteiger partial charge >= 0.3 is 0 Å². The lowest BCUT2D eigenvalue weighted by atomic mass is 10.2. The third-order valence-corrected chi connectivity index (χ3v) is 4.74. The second-order valence-electron chi connectivity index (χ2n) is 6.54. The molecular formula is C16H27N5O2. The number of aliphatic hydroxyl groups excluding tert-OH is 2. The molecule has 128 valence electrons. The van der Waals surface area contributed by atoms with Crippen LogP contribution in [-0.4, -0.2) is 83.1 Å². The zero-order valence-corrected chi connectivity index (χ0v) is 13.8. The molecule has 2 aliphatic heterocycles. The van der Waals surface area contributed by atoms with Crippen molar-refractivity contribution in [3.8, 4) is 0 Å². The second kappa shape index (κ2) is 7.42. The van der Waals surface area contributed by atoms with E-state index in [1.807, 2.05) is 13.0 Å². The van der Waals surface area contributed by atoms with Gasteiger partial charge in [0.25, 0.3) is 0 Å². The Hall–Kier alpha value is -1.44. The number of rotatable bonds is 5. The van der Waals surface area contributed by atoms with Crippen molar-refractivity contribution in [1.29, 1.82) is 0 Å². The van der Waals surface area contributed by atoms with E-state index in [1.54, 1.807) is 6.33 Å². The van der Waals surface area contributed by atoms with Crippen LogP contribution >= 0.6 is 0 Å². The SMILES string of the molecule is C[C@@H](O)CN1CCN(c2cc(N3CCCC3CO)ncn2)CC1. The molecule has 7 heteroatoms. The zero-order chi connectivity index (χ0) is 16.2. The average Bonchev–Trinajstić information content (AvgIpc) is 3.04. The standard InChI is InChI=1S/C16H27N5O2/c1-13(23)10-19-5-7-20(8-6-19)15-9-16(18-12-17-15)21-4-2-3-14(21)11-22/h9,12-14,22-23H,2-8,10-11H2,1H3/t13-,14?/m1/s1. The first-order valence-corrected chi connectivity index (χ1v) is 8.52. The van der Waals surface area contributed by atoms with Gasteiger partial charge in [0, 0.05) is 45.3 Å². The Morgan fingerprint density at radius 1 is 1.17 bits per heavy atom. The first-order chi connectivity index (χ1) is 11.2. The van der Waals surface area contributed by atoms with Crippen LogP contribution in [0.15, 0.2) is 12.4 Å². The lowest BCUT2D eigenvalue weighted by Crippen LogP contribution is -2.48. The minimum Gasteiger partial charge on any atom is -0.394 e. The minimum atomic E-state index is -0.280. The minimum absolute atomic E-state index is 0.178. The van der Waals surface area contributed by atoms with Crippen LogP contribution in [0.3, 0.4) is 0 Å². The van der Waals surface area contributed by atoms with Gasteiger partial charge in [0.15, 0.2) is 0 Å². The molecule has 7 nitrogen and oxygen atoms in total. The fourth-order valence-corrected chi connectivity index (χ4v) is 3.53. The van der Waals surface area contributed by atoms with Gasteiger partial charge in [0.2, 0.25) is 0 Å². The van der Waals surface area contributed by atoms with Gasteiger partial charge in [-0.25, -0.2) is 9.97 Å². The van der Waals surface area contributed by atoms with E-state index in [9.17, 15) is 10.2 Å². The maximum absolute atomic E-state index is 9.50. The van der Waals surface area contributed by atoms with Crippen LogP contribution in [0.1, 0.15) is 19.8 Å². The second-order valence-corrected chi connectivity index (χ2v) is 6.54. The van der Waals surface area contributed by atoms with Crippen molar-refractivity contribution in [1.82, 2.24) is 14.9 Å². The highest BCUT2D eigenvalue weighted by Gasteiger charge is 2.26. The van der Waals surface area contributed by atoms with Gasteiger partial charge in [-0.1, -0.05) is 0 Å². The monoisotopic (exact) mass is 321 g/mol. The Bertz CT molecular complexity index is 505. The third kappa shape index (κ3) is 3.91. The zero-order valence-electron chi connectivity index (χ0n) is 13.8. The Balaban J connectivity index is 1.64. The number of anilines is 2. The first-order valence-electron chi connectivity index (χ1n) is 8.52.